The van der Waals surface area contributed by atoms with Gasteiger partial charge in [0.05, 0.1) is 0 Å². The number of fused-ring (bicyclic) bond motifs is 2. The maximum Gasteiger partial charge on any atom is 0.0460 e. The molecule has 1 N–H and O–H groups in total. The summed E-state index contributed by atoms with van der Waals surface area (Å²) in [4.78, 5) is 0. The van der Waals surface area contributed by atoms with Crippen LogP contribution in [0.2, 0.25) is 0 Å². The molecular weight excluding hydrogens is 230 g/mol. The molecule has 2 aromatic carbocycles. The minimum Gasteiger partial charge on any atom is -0.355 e. The van der Waals surface area contributed by atoms with E-state index in [0.29, 0.717) is 5.92 Å². The van der Waals surface area contributed by atoms with Crippen molar-refractivity contribution < 1.29 is 0 Å². The summed E-state index contributed by atoms with van der Waals surface area (Å²) in [5.74, 6) is 0.553. The minimum absolute atomic E-state index is 0.553. The van der Waals surface area contributed by atoms with E-state index < -0.39 is 0 Å². The average molecular weight is 249 g/mol. The van der Waals surface area contributed by atoms with Crippen LogP contribution in [0.1, 0.15) is 42.0 Å². The zero-order valence-electron chi connectivity index (χ0n) is 11.7. The third kappa shape index (κ3) is 2.28. The zero-order valence-corrected chi connectivity index (χ0v) is 11.7. The molecule has 1 nitrogen and oxygen atoms in total. The summed E-state index contributed by atoms with van der Waals surface area (Å²) >= 11 is 0. The van der Waals surface area contributed by atoms with Crippen molar-refractivity contribution >= 4 is 23.5 Å². The number of anilines is 2. The van der Waals surface area contributed by atoms with Gasteiger partial charge in [0.2, 0.25) is 0 Å². The number of benzene rings is 2. The van der Waals surface area contributed by atoms with Crippen LogP contribution in [-0.2, 0) is 0 Å². The van der Waals surface area contributed by atoms with Crippen LogP contribution in [0.25, 0.3) is 12.2 Å². The van der Waals surface area contributed by atoms with Crippen molar-refractivity contribution in [1.29, 1.82) is 0 Å². The first-order valence-electron chi connectivity index (χ1n) is 6.83. The van der Waals surface area contributed by atoms with Gasteiger partial charge in [-0.1, -0.05) is 49.8 Å². The van der Waals surface area contributed by atoms with Crippen molar-refractivity contribution in [3.8, 4) is 0 Å². The molecule has 0 aromatic heterocycles. The summed E-state index contributed by atoms with van der Waals surface area (Å²) in [6.07, 6.45) is 4.38. The van der Waals surface area contributed by atoms with Gasteiger partial charge in [-0.15, -0.1) is 0 Å². The molecule has 0 aliphatic carbocycles. The highest BCUT2D eigenvalue weighted by molar-refractivity contribution is 5.87. The van der Waals surface area contributed by atoms with Crippen LogP contribution in [0.4, 0.5) is 11.4 Å². The number of rotatable bonds is 1. The molecule has 0 fully saturated rings. The van der Waals surface area contributed by atoms with Gasteiger partial charge in [0.15, 0.2) is 0 Å². The highest BCUT2D eigenvalue weighted by Crippen LogP contribution is 2.32. The molecule has 1 heterocycles. The molecule has 96 valence electrons. The molecule has 19 heavy (non-hydrogen) atoms. The van der Waals surface area contributed by atoms with E-state index in [2.05, 4.69) is 74.6 Å². The first kappa shape index (κ1) is 12.0. The molecule has 1 aliphatic heterocycles. The fourth-order valence-corrected chi connectivity index (χ4v) is 2.45. The van der Waals surface area contributed by atoms with Crippen LogP contribution < -0.4 is 5.32 Å². The molecule has 0 saturated heterocycles. The van der Waals surface area contributed by atoms with E-state index in [1.54, 1.807) is 0 Å². The molecule has 0 radical (unpaired) electrons. The first-order chi connectivity index (χ1) is 9.13. The topological polar surface area (TPSA) is 12.0 Å². The Balaban J connectivity index is 2.09. The monoisotopic (exact) mass is 249 g/mol. The highest BCUT2D eigenvalue weighted by atomic mass is 14.9. The second-order valence-corrected chi connectivity index (χ2v) is 5.55. The van der Waals surface area contributed by atoms with Crippen LogP contribution in [0.15, 0.2) is 36.4 Å². The summed E-state index contributed by atoms with van der Waals surface area (Å²) in [7, 11) is 0. The third-order valence-corrected chi connectivity index (χ3v) is 3.66. The van der Waals surface area contributed by atoms with Gasteiger partial charge in [-0.3, -0.25) is 0 Å². The van der Waals surface area contributed by atoms with E-state index in [1.807, 2.05) is 0 Å². The van der Waals surface area contributed by atoms with Gasteiger partial charge in [0.25, 0.3) is 0 Å². The van der Waals surface area contributed by atoms with Crippen molar-refractivity contribution in [2.75, 3.05) is 5.32 Å². The smallest absolute Gasteiger partial charge is 0.0460 e. The molecule has 3 rings (SSSR count). The standard InChI is InChI=1S/C18H19N/c1-12(2)15-7-5-14-6-8-16-10-13(3)4-9-17(16)19-18(14)11-15/h4-12,19H,1-3H3. The predicted octanol–water partition coefficient (Wildman–Crippen LogP) is 5.35. The fraction of sp³-hybridized carbons (Fsp3) is 0.222. The van der Waals surface area contributed by atoms with Crippen LogP contribution in [0, 0.1) is 6.92 Å². The normalized spacial score (nSPS) is 12.6. The lowest BCUT2D eigenvalue weighted by atomic mass is 10.00. The molecule has 0 spiro atoms. The minimum atomic E-state index is 0.553. The van der Waals surface area contributed by atoms with E-state index in [1.165, 1.54) is 33.6 Å². The van der Waals surface area contributed by atoms with Gasteiger partial charge in [0, 0.05) is 11.4 Å². The molecular formula is C18H19N. The Hall–Kier alpha value is -2.02. The second-order valence-electron chi connectivity index (χ2n) is 5.55. The van der Waals surface area contributed by atoms with Crippen LogP contribution in [0.3, 0.4) is 0 Å². The highest BCUT2D eigenvalue weighted by Gasteiger charge is 2.10. The van der Waals surface area contributed by atoms with Crippen LogP contribution >= 0.6 is 0 Å². The number of hydrogen-bond acceptors (Lipinski definition) is 1. The third-order valence-electron chi connectivity index (χ3n) is 3.66. The molecule has 0 amide bonds. The van der Waals surface area contributed by atoms with Crippen molar-refractivity contribution in [2.45, 2.75) is 26.7 Å². The van der Waals surface area contributed by atoms with E-state index in [4.69, 9.17) is 0 Å². The number of aryl methyl sites for hydroxylation is 1. The molecule has 0 bridgehead atoms. The molecule has 0 saturated carbocycles. The lowest BCUT2D eigenvalue weighted by Crippen LogP contribution is -1.96. The summed E-state index contributed by atoms with van der Waals surface area (Å²) in [5, 5.41) is 3.56. The summed E-state index contributed by atoms with van der Waals surface area (Å²) in [6, 6.07) is 13.2. The van der Waals surface area contributed by atoms with Gasteiger partial charge >= 0.3 is 0 Å². The lowest BCUT2D eigenvalue weighted by molar-refractivity contribution is 0.867. The van der Waals surface area contributed by atoms with Crippen LogP contribution in [0.5, 0.6) is 0 Å². The van der Waals surface area contributed by atoms with E-state index in [-0.39, 0.29) is 0 Å². The Morgan fingerprint density at radius 3 is 2.42 bits per heavy atom. The Morgan fingerprint density at radius 1 is 0.842 bits per heavy atom. The van der Waals surface area contributed by atoms with Crippen molar-refractivity contribution in [2.24, 2.45) is 0 Å². The van der Waals surface area contributed by atoms with Gasteiger partial charge < -0.3 is 5.32 Å². The maximum absolute atomic E-state index is 3.56. The quantitative estimate of drug-likeness (QED) is 0.613. The molecule has 0 unspecified atom stereocenters. The largest absolute Gasteiger partial charge is 0.355 e. The van der Waals surface area contributed by atoms with Gasteiger partial charge in [0.1, 0.15) is 0 Å². The Labute approximate surface area is 115 Å². The van der Waals surface area contributed by atoms with Gasteiger partial charge in [-0.25, -0.2) is 0 Å². The lowest BCUT2D eigenvalue weighted by Gasteiger charge is -2.13. The Kier molecular flexibility index (Phi) is 2.90. The van der Waals surface area contributed by atoms with E-state index in [0.717, 1.165) is 0 Å². The van der Waals surface area contributed by atoms with Crippen molar-refractivity contribution in [3.05, 3.63) is 58.7 Å². The molecule has 1 heteroatoms. The maximum atomic E-state index is 3.56. The van der Waals surface area contributed by atoms with Crippen molar-refractivity contribution in [1.82, 2.24) is 0 Å². The molecule has 0 atom stereocenters. The van der Waals surface area contributed by atoms with E-state index >= 15 is 0 Å². The van der Waals surface area contributed by atoms with E-state index in [9.17, 15) is 0 Å². The molecule has 2 aromatic rings. The first-order valence-corrected chi connectivity index (χ1v) is 6.83. The molecule has 1 aliphatic rings. The SMILES string of the molecule is Cc1ccc2c(c1)C=Cc1ccc(C(C)C)cc1N2. The average Bonchev–Trinajstić information content (AvgIpc) is 2.56. The van der Waals surface area contributed by atoms with Crippen LogP contribution in [-0.4, -0.2) is 0 Å². The van der Waals surface area contributed by atoms with Crippen molar-refractivity contribution in [3.63, 3.8) is 0 Å². The Bertz CT molecular complexity index is 651. The number of hydrogen-bond donors (Lipinski definition) is 1. The summed E-state index contributed by atoms with van der Waals surface area (Å²) in [5.41, 5.74) is 7.54. The summed E-state index contributed by atoms with van der Waals surface area (Å²) < 4.78 is 0. The zero-order chi connectivity index (χ0) is 13.4. The van der Waals surface area contributed by atoms with Gasteiger partial charge in [-0.2, -0.15) is 0 Å². The fourth-order valence-electron chi connectivity index (χ4n) is 2.45. The Morgan fingerprint density at radius 2 is 1.63 bits per heavy atom. The number of nitrogens with one attached hydrogen (secondary N) is 1. The predicted molar refractivity (Wildman–Crippen MR) is 83.9 cm³/mol. The second kappa shape index (κ2) is 4.58. The van der Waals surface area contributed by atoms with Gasteiger partial charge in [-0.05, 0) is 47.7 Å². The summed E-state index contributed by atoms with van der Waals surface area (Å²) in [6.45, 7) is 6.58.